The molecule has 200 valence electrons. The number of aromatic nitrogens is 1. The van der Waals surface area contributed by atoms with Gasteiger partial charge in [0.25, 0.3) is 5.91 Å². The Morgan fingerprint density at radius 1 is 1.28 bits per heavy atom. The summed E-state index contributed by atoms with van der Waals surface area (Å²) in [5.41, 5.74) is 6.75. The van der Waals surface area contributed by atoms with E-state index in [1.165, 1.54) is 0 Å². The standard InChI is InChI=1S/C24H37N5O7/c1-15-18(20(31)29(21(25)26)23(33)36-24(2,3)4)13-16-7-5-6-8-17(19(16)28-15)14-35-22(32)27-9-11-34-12-10-30/h13,17,30H,5-12,14H2,1-4H3,(H3,25,26)(H,27,32). The van der Waals surface area contributed by atoms with Crippen LogP contribution in [0.15, 0.2) is 6.07 Å². The van der Waals surface area contributed by atoms with Gasteiger partial charge in [-0.3, -0.25) is 15.2 Å². The predicted octanol–water partition coefficient (Wildman–Crippen LogP) is 2.21. The number of alkyl carbamates (subject to hydrolysis) is 1. The molecule has 1 aliphatic rings. The number of nitrogens with one attached hydrogen (secondary N) is 2. The van der Waals surface area contributed by atoms with Crippen LogP contribution >= 0.6 is 0 Å². The van der Waals surface area contributed by atoms with Crippen LogP contribution in [-0.2, 0) is 20.6 Å². The molecule has 3 amide bonds. The lowest BCUT2D eigenvalue weighted by Crippen LogP contribution is -2.48. The second-order valence-corrected chi connectivity index (χ2v) is 9.48. The minimum atomic E-state index is -1.03. The third-order valence-corrected chi connectivity index (χ3v) is 5.38. The van der Waals surface area contributed by atoms with Gasteiger partial charge in [0.1, 0.15) is 12.2 Å². The number of aryl methyl sites for hydroxylation is 2. The van der Waals surface area contributed by atoms with E-state index in [-0.39, 0.29) is 44.5 Å². The van der Waals surface area contributed by atoms with Gasteiger partial charge in [0, 0.05) is 12.5 Å². The van der Waals surface area contributed by atoms with Crippen LogP contribution in [-0.4, -0.2) is 77.6 Å². The summed E-state index contributed by atoms with van der Waals surface area (Å²) in [6, 6.07) is 1.68. The van der Waals surface area contributed by atoms with E-state index in [1.54, 1.807) is 33.8 Å². The fraction of sp³-hybridized carbons (Fsp3) is 0.625. The van der Waals surface area contributed by atoms with Gasteiger partial charge in [-0.1, -0.05) is 6.42 Å². The molecule has 1 unspecified atom stereocenters. The number of fused-ring (bicyclic) bond motifs is 1. The fourth-order valence-electron chi connectivity index (χ4n) is 3.78. The number of amides is 3. The Balaban J connectivity index is 2.18. The molecule has 1 aromatic rings. The highest BCUT2D eigenvalue weighted by Crippen LogP contribution is 2.31. The molecule has 0 saturated heterocycles. The molecule has 36 heavy (non-hydrogen) atoms. The topological polar surface area (TPSA) is 177 Å². The Labute approximate surface area is 211 Å². The summed E-state index contributed by atoms with van der Waals surface area (Å²) in [6.07, 6.45) is 1.57. The van der Waals surface area contributed by atoms with Crippen molar-refractivity contribution in [2.45, 2.75) is 64.9 Å². The normalized spacial score (nSPS) is 15.3. The van der Waals surface area contributed by atoms with Gasteiger partial charge in [0.2, 0.25) is 5.96 Å². The van der Waals surface area contributed by atoms with Gasteiger partial charge in [0.05, 0.1) is 36.8 Å². The van der Waals surface area contributed by atoms with Crippen molar-refractivity contribution in [3.63, 3.8) is 0 Å². The van der Waals surface area contributed by atoms with Gasteiger partial charge in [-0.25, -0.2) is 9.59 Å². The van der Waals surface area contributed by atoms with Crippen LogP contribution in [0.3, 0.4) is 0 Å². The second-order valence-electron chi connectivity index (χ2n) is 9.48. The minimum absolute atomic E-state index is 0.0843. The van der Waals surface area contributed by atoms with Crippen molar-refractivity contribution in [3.8, 4) is 0 Å². The molecule has 0 radical (unpaired) electrons. The van der Waals surface area contributed by atoms with Gasteiger partial charge >= 0.3 is 12.2 Å². The van der Waals surface area contributed by atoms with E-state index in [4.69, 9.17) is 30.5 Å². The van der Waals surface area contributed by atoms with Crippen LogP contribution < -0.4 is 11.1 Å². The average Bonchev–Trinajstić information content (AvgIpc) is 2.97. The lowest BCUT2D eigenvalue weighted by Gasteiger charge is -2.25. The number of guanidine groups is 1. The highest BCUT2D eigenvalue weighted by atomic mass is 16.6. The highest BCUT2D eigenvalue weighted by Gasteiger charge is 2.33. The van der Waals surface area contributed by atoms with E-state index in [0.717, 1.165) is 30.5 Å². The van der Waals surface area contributed by atoms with Gasteiger partial charge in [-0.2, -0.15) is 4.90 Å². The molecule has 2 rings (SSSR count). The lowest BCUT2D eigenvalue weighted by molar-refractivity contribution is 0.0347. The number of ether oxygens (including phenoxy) is 3. The molecule has 0 bridgehead atoms. The molecule has 12 heteroatoms. The number of nitrogens with two attached hydrogens (primary N) is 1. The molecule has 0 spiro atoms. The Bertz CT molecular complexity index is 961. The zero-order valence-electron chi connectivity index (χ0n) is 21.4. The van der Waals surface area contributed by atoms with Gasteiger partial charge < -0.3 is 30.4 Å². The maximum absolute atomic E-state index is 13.2. The van der Waals surface area contributed by atoms with Crippen molar-refractivity contribution < 1.29 is 33.7 Å². The zero-order valence-corrected chi connectivity index (χ0v) is 21.4. The number of rotatable bonds is 8. The van der Waals surface area contributed by atoms with Crippen molar-refractivity contribution in [1.29, 1.82) is 5.41 Å². The van der Waals surface area contributed by atoms with Crippen LogP contribution in [0.25, 0.3) is 0 Å². The molecule has 1 heterocycles. The summed E-state index contributed by atoms with van der Waals surface area (Å²) in [7, 11) is 0. The number of imide groups is 1. The number of aliphatic hydroxyl groups is 1. The van der Waals surface area contributed by atoms with Crippen molar-refractivity contribution in [3.05, 3.63) is 28.6 Å². The maximum Gasteiger partial charge on any atom is 0.424 e. The monoisotopic (exact) mass is 507 g/mol. The molecule has 0 fully saturated rings. The van der Waals surface area contributed by atoms with Gasteiger partial charge in [0.15, 0.2) is 0 Å². The van der Waals surface area contributed by atoms with Crippen LogP contribution in [0.1, 0.15) is 73.3 Å². The first-order valence-electron chi connectivity index (χ1n) is 12.0. The number of hydrogen-bond donors (Lipinski definition) is 4. The molecule has 0 aromatic carbocycles. The molecular formula is C24H37N5O7. The molecule has 0 aliphatic heterocycles. The largest absolute Gasteiger partial charge is 0.449 e. The predicted molar refractivity (Wildman–Crippen MR) is 131 cm³/mol. The lowest BCUT2D eigenvalue weighted by atomic mass is 9.96. The highest BCUT2D eigenvalue weighted by molar-refractivity contribution is 6.15. The molecule has 1 aromatic heterocycles. The smallest absolute Gasteiger partial charge is 0.424 e. The van der Waals surface area contributed by atoms with E-state index in [0.29, 0.717) is 17.0 Å². The van der Waals surface area contributed by atoms with E-state index < -0.39 is 29.7 Å². The second kappa shape index (κ2) is 13.2. The Hall–Kier alpha value is -3.25. The van der Waals surface area contributed by atoms with Crippen molar-refractivity contribution in [1.82, 2.24) is 15.2 Å². The molecule has 12 nitrogen and oxygen atoms in total. The summed E-state index contributed by atoms with van der Waals surface area (Å²) in [5.74, 6) is -1.69. The number of carbonyl (C=O) groups is 3. The molecule has 1 atom stereocenters. The Morgan fingerprint density at radius 2 is 2.00 bits per heavy atom. The molecule has 5 N–H and O–H groups in total. The van der Waals surface area contributed by atoms with Crippen LogP contribution in [0, 0.1) is 12.3 Å². The maximum atomic E-state index is 13.2. The summed E-state index contributed by atoms with van der Waals surface area (Å²) in [6.45, 7) is 7.35. The number of hydrogen-bond acceptors (Lipinski definition) is 9. The molecule has 0 saturated carbocycles. The van der Waals surface area contributed by atoms with Crippen molar-refractivity contribution in [2.75, 3.05) is 33.0 Å². The van der Waals surface area contributed by atoms with E-state index in [1.807, 2.05) is 0 Å². The SMILES string of the molecule is Cc1nc2c(cc1C(=O)N(C(=N)N)C(=O)OC(C)(C)C)CCCCC2COC(=O)NCCOCCO. The summed E-state index contributed by atoms with van der Waals surface area (Å²) in [4.78, 5) is 43.0. The number of carbonyl (C=O) groups excluding carboxylic acids is 3. The van der Waals surface area contributed by atoms with Crippen molar-refractivity contribution >= 4 is 24.1 Å². The minimum Gasteiger partial charge on any atom is -0.449 e. The summed E-state index contributed by atoms with van der Waals surface area (Å²) in [5, 5.41) is 19.0. The Kier molecular flexibility index (Phi) is 10.6. The molecule has 1 aliphatic carbocycles. The quantitative estimate of drug-likeness (QED) is 0.178. The van der Waals surface area contributed by atoms with Crippen LogP contribution in [0.5, 0.6) is 0 Å². The zero-order chi connectivity index (χ0) is 26.9. The van der Waals surface area contributed by atoms with Crippen LogP contribution in [0.2, 0.25) is 0 Å². The number of aliphatic hydroxyl groups excluding tert-OH is 1. The Morgan fingerprint density at radius 3 is 2.64 bits per heavy atom. The first-order valence-corrected chi connectivity index (χ1v) is 12.0. The first kappa shape index (κ1) is 29.0. The average molecular weight is 508 g/mol. The summed E-state index contributed by atoms with van der Waals surface area (Å²) >= 11 is 0. The fourth-order valence-corrected chi connectivity index (χ4v) is 3.78. The van der Waals surface area contributed by atoms with E-state index in [9.17, 15) is 14.4 Å². The number of nitrogens with zero attached hydrogens (tertiary/aromatic N) is 2. The van der Waals surface area contributed by atoms with Gasteiger partial charge in [-0.05, 0) is 58.6 Å². The van der Waals surface area contributed by atoms with E-state index in [2.05, 4.69) is 10.3 Å². The summed E-state index contributed by atoms with van der Waals surface area (Å²) < 4.78 is 15.7. The van der Waals surface area contributed by atoms with E-state index >= 15 is 0 Å². The number of pyridine rings is 1. The van der Waals surface area contributed by atoms with Gasteiger partial charge in [-0.15, -0.1) is 0 Å². The third kappa shape index (κ3) is 8.45. The third-order valence-electron chi connectivity index (χ3n) is 5.38. The first-order chi connectivity index (χ1) is 16.9. The van der Waals surface area contributed by atoms with Crippen molar-refractivity contribution in [2.24, 2.45) is 5.73 Å². The van der Waals surface area contributed by atoms with Crippen LogP contribution in [0.4, 0.5) is 9.59 Å². The molecular weight excluding hydrogens is 470 g/mol.